The first-order valence-electron chi connectivity index (χ1n) is 7.72. The summed E-state index contributed by atoms with van der Waals surface area (Å²) < 4.78 is 11.2. The molecule has 3 nitrogen and oxygen atoms in total. The van der Waals surface area contributed by atoms with Gasteiger partial charge in [0.2, 0.25) is 0 Å². The summed E-state index contributed by atoms with van der Waals surface area (Å²) in [6.45, 7) is 0.844. The third kappa shape index (κ3) is 3.92. The Labute approximate surface area is 138 Å². The summed E-state index contributed by atoms with van der Waals surface area (Å²) in [6, 6.07) is 18.3. The highest BCUT2D eigenvalue weighted by atomic mass is 16.5. The largest absolute Gasteiger partial charge is 0.497 e. The van der Waals surface area contributed by atoms with Crippen LogP contribution in [0.5, 0.6) is 5.75 Å². The Kier molecular flexibility index (Phi) is 6.20. The summed E-state index contributed by atoms with van der Waals surface area (Å²) in [5.74, 6) is 1.35. The maximum atomic E-state index is 9.83. The molecule has 1 heterocycles. The lowest BCUT2D eigenvalue weighted by Crippen LogP contribution is -2.21. The number of ether oxygens (including phenoxy) is 2. The van der Waals surface area contributed by atoms with Crippen LogP contribution < -0.4 is 4.74 Å². The molecule has 2 aromatic rings. The molecule has 0 spiro atoms. The predicted octanol–water partition coefficient (Wildman–Crippen LogP) is 3.87. The van der Waals surface area contributed by atoms with Crippen LogP contribution >= 0.6 is 0 Å². The first-order valence-corrected chi connectivity index (χ1v) is 7.72. The average Bonchev–Trinajstić information content (AvgIpc) is 2.99. The summed E-state index contributed by atoms with van der Waals surface area (Å²) in [5.41, 5.74) is 2.40. The van der Waals surface area contributed by atoms with E-state index >= 15 is 0 Å². The molecule has 0 bridgehead atoms. The molecule has 0 unspecified atom stereocenters. The lowest BCUT2D eigenvalue weighted by atomic mass is 9.84. The fourth-order valence-electron chi connectivity index (χ4n) is 3.23. The predicted molar refractivity (Wildman–Crippen MR) is 92.6 cm³/mol. The van der Waals surface area contributed by atoms with Crippen molar-refractivity contribution in [2.75, 3.05) is 20.3 Å². The molecule has 3 atom stereocenters. The average molecular weight is 314 g/mol. The molecule has 0 aromatic heterocycles. The van der Waals surface area contributed by atoms with E-state index in [2.05, 4.69) is 24.3 Å². The quantitative estimate of drug-likeness (QED) is 0.910. The highest BCUT2D eigenvalue weighted by Crippen LogP contribution is 2.39. The molecule has 1 saturated heterocycles. The molecule has 1 aliphatic rings. The fourth-order valence-corrected chi connectivity index (χ4v) is 3.23. The van der Waals surface area contributed by atoms with Crippen molar-refractivity contribution in [3.63, 3.8) is 0 Å². The van der Waals surface area contributed by atoms with E-state index in [0.29, 0.717) is 12.5 Å². The van der Waals surface area contributed by atoms with E-state index in [1.807, 2.05) is 30.3 Å². The minimum absolute atomic E-state index is 0. The van der Waals surface area contributed by atoms with Crippen LogP contribution in [0.2, 0.25) is 0 Å². The monoisotopic (exact) mass is 314 g/mol. The standard InChI is InChI=1S/C19H22O3.CH4/c1-21-17-9-7-14(8-10-17)11-16-13-22-19(18(16)12-20)15-5-3-2-4-6-15;/h2-10,16,18-20H,11-13H2,1H3;1H4/t16-,18-,19+;/m0./s1. The molecule has 1 N–H and O–H groups in total. The van der Waals surface area contributed by atoms with Crippen LogP contribution in [0.3, 0.4) is 0 Å². The van der Waals surface area contributed by atoms with E-state index < -0.39 is 0 Å². The van der Waals surface area contributed by atoms with Crippen molar-refractivity contribution >= 4 is 0 Å². The highest BCUT2D eigenvalue weighted by molar-refractivity contribution is 5.28. The number of hydrogen-bond acceptors (Lipinski definition) is 3. The third-order valence-corrected chi connectivity index (χ3v) is 4.48. The normalized spacial score (nSPS) is 23.3. The zero-order valence-corrected chi connectivity index (χ0v) is 12.8. The van der Waals surface area contributed by atoms with E-state index in [0.717, 1.165) is 17.7 Å². The molecule has 1 fully saturated rings. The van der Waals surface area contributed by atoms with Crippen molar-refractivity contribution in [2.45, 2.75) is 20.0 Å². The van der Waals surface area contributed by atoms with Gasteiger partial charge in [-0.1, -0.05) is 49.9 Å². The van der Waals surface area contributed by atoms with Gasteiger partial charge in [0.25, 0.3) is 0 Å². The summed E-state index contributed by atoms with van der Waals surface area (Å²) in [4.78, 5) is 0. The van der Waals surface area contributed by atoms with E-state index in [9.17, 15) is 5.11 Å². The first kappa shape index (κ1) is 17.5. The molecular weight excluding hydrogens is 288 g/mol. The van der Waals surface area contributed by atoms with Gasteiger partial charge in [-0.2, -0.15) is 0 Å². The van der Waals surface area contributed by atoms with E-state index in [-0.39, 0.29) is 26.1 Å². The molecule has 124 valence electrons. The van der Waals surface area contributed by atoms with Crippen LogP contribution in [0.25, 0.3) is 0 Å². The summed E-state index contributed by atoms with van der Waals surface area (Å²) >= 11 is 0. The maximum absolute atomic E-state index is 9.83. The van der Waals surface area contributed by atoms with Crippen molar-refractivity contribution < 1.29 is 14.6 Å². The minimum Gasteiger partial charge on any atom is -0.497 e. The second kappa shape index (κ2) is 8.14. The van der Waals surface area contributed by atoms with Gasteiger partial charge in [0.15, 0.2) is 0 Å². The van der Waals surface area contributed by atoms with Gasteiger partial charge in [-0.05, 0) is 35.6 Å². The smallest absolute Gasteiger partial charge is 0.118 e. The van der Waals surface area contributed by atoms with Crippen molar-refractivity contribution in [2.24, 2.45) is 11.8 Å². The van der Waals surface area contributed by atoms with E-state index in [4.69, 9.17) is 9.47 Å². The Morgan fingerprint density at radius 1 is 1.09 bits per heavy atom. The van der Waals surface area contributed by atoms with Crippen LogP contribution in [0.4, 0.5) is 0 Å². The van der Waals surface area contributed by atoms with Crippen molar-refractivity contribution in [1.82, 2.24) is 0 Å². The molecule has 1 aliphatic heterocycles. The number of aliphatic hydroxyl groups excluding tert-OH is 1. The third-order valence-electron chi connectivity index (χ3n) is 4.48. The lowest BCUT2D eigenvalue weighted by molar-refractivity contribution is 0.0719. The van der Waals surface area contributed by atoms with Crippen LogP contribution in [-0.4, -0.2) is 25.4 Å². The molecule has 0 radical (unpaired) electrons. The van der Waals surface area contributed by atoms with Gasteiger partial charge in [-0.25, -0.2) is 0 Å². The van der Waals surface area contributed by atoms with Crippen molar-refractivity contribution in [1.29, 1.82) is 0 Å². The number of methoxy groups -OCH3 is 1. The minimum atomic E-state index is -0.00514. The Morgan fingerprint density at radius 2 is 1.78 bits per heavy atom. The summed E-state index contributed by atoms with van der Waals surface area (Å²) in [6.07, 6.45) is 0.910. The maximum Gasteiger partial charge on any atom is 0.118 e. The Balaban J connectivity index is 0.00000192. The van der Waals surface area contributed by atoms with Crippen molar-refractivity contribution in [3.05, 3.63) is 65.7 Å². The second-order valence-electron chi connectivity index (χ2n) is 5.82. The molecule has 0 saturated carbocycles. The lowest BCUT2D eigenvalue weighted by Gasteiger charge is -2.21. The number of aliphatic hydroxyl groups is 1. The zero-order valence-electron chi connectivity index (χ0n) is 12.8. The van der Waals surface area contributed by atoms with Gasteiger partial charge < -0.3 is 14.6 Å². The molecular formula is C20H26O3. The van der Waals surface area contributed by atoms with Gasteiger partial charge in [0.05, 0.1) is 19.8 Å². The van der Waals surface area contributed by atoms with Gasteiger partial charge in [-0.3, -0.25) is 0 Å². The number of benzene rings is 2. The first-order chi connectivity index (χ1) is 10.8. The SMILES string of the molecule is C.COc1ccc(C[C@H]2CO[C@H](c3ccccc3)[C@H]2CO)cc1. The Bertz CT molecular complexity index is 580. The number of hydrogen-bond donors (Lipinski definition) is 1. The van der Waals surface area contributed by atoms with Crippen LogP contribution in [0.15, 0.2) is 54.6 Å². The molecule has 23 heavy (non-hydrogen) atoms. The topological polar surface area (TPSA) is 38.7 Å². The molecule has 0 aliphatic carbocycles. The molecule has 0 amide bonds. The van der Waals surface area contributed by atoms with Gasteiger partial charge in [-0.15, -0.1) is 0 Å². The van der Waals surface area contributed by atoms with Gasteiger partial charge in [0.1, 0.15) is 5.75 Å². The molecule has 3 rings (SSSR count). The van der Waals surface area contributed by atoms with Gasteiger partial charge in [0, 0.05) is 12.5 Å². The summed E-state index contributed by atoms with van der Waals surface area (Å²) in [5, 5.41) is 9.83. The second-order valence-corrected chi connectivity index (χ2v) is 5.82. The highest BCUT2D eigenvalue weighted by Gasteiger charge is 2.37. The molecule has 3 heteroatoms. The Morgan fingerprint density at radius 3 is 2.39 bits per heavy atom. The Hall–Kier alpha value is -1.84. The zero-order chi connectivity index (χ0) is 15.4. The van der Waals surface area contributed by atoms with Crippen LogP contribution in [0.1, 0.15) is 24.7 Å². The van der Waals surface area contributed by atoms with E-state index in [1.54, 1.807) is 7.11 Å². The number of rotatable bonds is 5. The van der Waals surface area contributed by atoms with E-state index in [1.165, 1.54) is 5.56 Å². The van der Waals surface area contributed by atoms with Gasteiger partial charge >= 0.3 is 0 Å². The van der Waals surface area contributed by atoms with Crippen molar-refractivity contribution in [3.8, 4) is 5.75 Å². The fraction of sp³-hybridized carbons (Fsp3) is 0.400. The summed E-state index contributed by atoms with van der Waals surface area (Å²) in [7, 11) is 1.67. The van der Waals surface area contributed by atoms with Crippen LogP contribution in [-0.2, 0) is 11.2 Å². The molecule has 2 aromatic carbocycles. The van der Waals surface area contributed by atoms with Crippen LogP contribution in [0, 0.1) is 11.8 Å².